The van der Waals surface area contributed by atoms with Gasteiger partial charge in [-0.2, -0.15) is 0 Å². The minimum atomic E-state index is -0.329. The summed E-state index contributed by atoms with van der Waals surface area (Å²) in [5.74, 6) is 6.44. The van der Waals surface area contributed by atoms with Crippen LogP contribution in [0.5, 0.6) is 5.75 Å². The molecule has 1 aromatic carbocycles. The largest absolute Gasteiger partial charge is 0.494 e. The fourth-order valence-corrected chi connectivity index (χ4v) is 3.66. The molecule has 0 aliphatic carbocycles. The topological polar surface area (TPSA) is 67.6 Å². The lowest BCUT2D eigenvalue weighted by molar-refractivity contribution is -0.122. The molecule has 1 aromatic rings. The van der Waals surface area contributed by atoms with E-state index in [9.17, 15) is 4.79 Å². The van der Waals surface area contributed by atoms with Gasteiger partial charge in [0.05, 0.1) is 6.61 Å². The summed E-state index contributed by atoms with van der Waals surface area (Å²) in [7, 11) is 0. The van der Waals surface area contributed by atoms with Crippen LogP contribution in [0.25, 0.3) is 0 Å². The molecule has 22 heavy (non-hydrogen) atoms. The Bertz CT molecular complexity index is 557. The Morgan fingerprint density at radius 3 is 2.82 bits per heavy atom. The number of benzene rings is 1. The molecule has 1 aliphatic rings. The number of nitrogens with one attached hydrogen (secondary N) is 1. The number of nitrogens with two attached hydrogens (primary N) is 1. The van der Waals surface area contributed by atoms with Gasteiger partial charge in [0.15, 0.2) is 0 Å². The van der Waals surface area contributed by atoms with Gasteiger partial charge in [-0.25, -0.2) is 5.84 Å². The number of carbonyl (C=O) groups is 1. The molecule has 2 rings (SSSR count). The smallest absolute Gasteiger partial charge is 0.256 e. The van der Waals surface area contributed by atoms with E-state index in [2.05, 4.69) is 43.2 Å². The number of nitrogens with zero attached hydrogens (tertiary/aromatic N) is 1. The maximum atomic E-state index is 12.1. The number of carbonyl (C=O) groups excluding carboxylic acids is 1. The monoisotopic (exact) mass is 305 g/mol. The van der Waals surface area contributed by atoms with E-state index in [1.807, 2.05) is 19.9 Å². The highest BCUT2D eigenvalue weighted by atomic mass is 16.5. The molecule has 5 nitrogen and oxygen atoms in total. The standard InChI is InChI=1S/C17H27N3O2/c1-6-22-13-7-8-15-14(9-13)11(2)10-17(4,5)20(15)12(3)16(21)19-18/h7-9,11-12H,6,10,18H2,1-5H3,(H,19,21)/t11-,12+/m0/s1. The Balaban J connectivity index is 2.50. The van der Waals surface area contributed by atoms with E-state index in [-0.39, 0.29) is 17.5 Å². The third-order valence-corrected chi connectivity index (χ3v) is 4.47. The van der Waals surface area contributed by atoms with Crippen molar-refractivity contribution in [3.05, 3.63) is 23.8 Å². The number of hydrogen-bond acceptors (Lipinski definition) is 4. The Labute approximate surface area is 132 Å². The first-order chi connectivity index (χ1) is 10.3. The molecule has 1 aliphatic heterocycles. The van der Waals surface area contributed by atoms with Gasteiger partial charge in [-0.3, -0.25) is 10.2 Å². The minimum Gasteiger partial charge on any atom is -0.494 e. The van der Waals surface area contributed by atoms with Gasteiger partial charge in [-0.15, -0.1) is 0 Å². The van der Waals surface area contributed by atoms with Crippen molar-refractivity contribution in [2.75, 3.05) is 11.5 Å². The Morgan fingerprint density at radius 2 is 2.23 bits per heavy atom. The van der Waals surface area contributed by atoms with Crippen LogP contribution in [0, 0.1) is 0 Å². The number of amides is 1. The minimum absolute atomic E-state index is 0.120. The van der Waals surface area contributed by atoms with Gasteiger partial charge in [0.1, 0.15) is 11.8 Å². The molecule has 2 atom stereocenters. The maximum absolute atomic E-state index is 12.1. The average Bonchev–Trinajstić information content (AvgIpc) is 2.46. The Hall–Kier alpha value is -1.75. The number of rotatable bonds is 4. The van der Waals surface area contributed by atoms with Crippen LogP contribution < -0.4 is 20.9 Å². The molecule has 0 saturated heterocycles. The lowest BCUT2D eigenvalue weighted by Crippen LogP contribution is -2.58. The summed E-state index contributed by atoms with van der Waals surface area (Å²) in [5, 5.41) is 0. The molecule has 0 radical (unpaired) electrons. The van der Waals surface area contributed by atoms with Crippen molar-refractivity contribution in [2.45, 2.75) is 58.5 Å². The normalized spacial score (nSPS) is 21.0. The highest BCUT2D eigenvalue weighted by Gasteiger charge is 2.40. The van der Waals surface area contributed by atoms with Crippen molar-refractivity contribution in [1.29, 1.82) is 0 Å². The third-order valence-electron chi connectivity index (χ3n) is 4.47. The molecule has 0 spiro atoms. The van der Waals surface area contributed by atoms with Crippen LogP contribution >= 0.6 is 0 Å². The third kappa shape index (κ3) is 2.90. The molecule has 1 heterocycles. The van der Waals surface area contributed by atoms with Crippen LogP contribution in [-0.2, 0) is 4.79 Å². The number of anilines is 1. The fraction of sp³-hybridized carbons (Fsp3) is 0.588. The van der Waals surface area contributed by atoms with E-state index in [0.717, 1.165) is 17.9 Å². The van der Waals surface area contributed by atoms with Crippen molar-refractivity contribution in [2.24, 2.45) is 5.84 Å². The Kier molecular flexibility index (Phi) is 4.66. The summed E-state index contributed by atoms with van der Waals surface area (Å²) in [4.78, 5) is 14.2. The summed E-state index contributed by atoms with van der Waals surface area (Å²) in [6.07, 6.45) is 0.970. The lowest BCUT2D eigenvalue weighted by atomic mass is 9.79. The molecule has 3 N–H and O–H groups in total. The summed E-state index contributed by atoms with van der Waals surface area (Å²) in [6, 6.07) is 5.79. The zero-order valence-electron chi connectivity index (χ0n) is 14.1. The van der Waals surface area contributed by atoms with E-state index in [1.54, 1.807) is 0 Å². The van der Waals surface area contributed by atoms with Gasteiger partial charge >= 0.3 is 0 Å². The van der Waals surface area contributed by atoms with Gasteiger partial charge in [0.2, 0.25) is 0 Å². The summed E-state index contributed by atoms with van der Waals surface area (Å²) < 4.78 is 5.62. The van der Waals surface area contributed by atoms with E-state index < -0.39 is 0 Å². The zero-order chi connectivity index (χ0) is 16.5. The van der Waals surface area contributed by atoms with Gasteiger partial charge in [0, 0.05) is 11.2 Å². The molecular weight excluding hydrogens is 278 g/mol. The van der Waals surface area contributed by atoms with Crippen molar-refractivity contribution in [3.8, 4) is 5.75 Å². The fourth-order valence-electron chi connectivity index (χ4n) is 3.66. The van der Waals surface area contributed by atoms with Crippen LogP contribution in [-0.4, -0.2) is 24.1 Å². The number of ether oxygens (including phenoxy) is 1. The molecule has 0 unspecified atom stereocenters. The highest BCUT2D eigenvalue weighted by molar-refractivity contribution is 5.85. The molecular formula is C17H27N3O2. The first-order valence-electron chi connectivity index (χ1n) is 7.88. The van der Waals surface area contributed by atoms with Gasteiger partial charge in [0.25, 0.3) is 5.91 Å². The maximum Gasteiger partial charge on any atom is 0.256 e. The second-order valence-electron chi connectivity index (χ2n) is 6.63. The van der Waals surface area contributed by atoms with Gasteiger partial charge in [-0.1, -0.05) is 6.92 Å². The van der Waals surface area contributed by atoms with Crippen LogP contribution in [0.3, 0.4) is 0 Å². The van der Waals surface area contributed by atoms with E-state index in [0.29, 0.717) is 12.5 Å². The first kappa shape index (κ1) is 16.6. The average molecular weight is 305 g/mol. The van der Waals surface area contributed by atoms with Crippen LogP contribution in [0.4, 0.5) is 5.69 Å². The summed E-state index contributed by atoms with van der Waals surface area (Å²) >= 11 is 0. The quantitative estimate of drug-likeness (QED) is 0.510. The van der Waals surface area contributed by atoms with Crippen molar-refractivity contribution in [1.82, 2.24) is 5.43 Å². The molecule has 0 bridgehead atoms. The SMILES string of the molecule is CCOc1ccc2c(c1)[C@@H](C)CC(C)(C)N2[C@H](C)C(=O)NN. The van der Waals surface area contributed by atoms with Crippen LogP contribution in [0.1, 0.15) is 52.5 Å². The second kappa shape index (κ2) is 6.16. The van der Waals surface area contributed by atoms with E-state index in [1.165, 1.54) is 5.56 Å². The van der Waals surface area contributed by atoms with Crippen LogP contribution in [0.2, 0.25) is 0 Å². The number of fused-ring (bicyclic) bond motifs is 1. The molecule has 0 aromatic heterocycles. The molecule has 122 valence electrons. The van der Waals surface area contributed by atoms with E-state index in [4.69, 9.17) is 10.6 Å². The number of hydrogen-bond donors (Lipinski definition) is 2. The molecule has 0 fully saturated rings. The predicted molar refractivity (Wildman–Crippen MR) is 89.0 cm³/mol. The Morgan fingerprint density at radius 1 is 1.55 bits per heavy atom. The molecule has 0 saturated carbocycles. The van der Waals surface area contributed by atoms with Gasteiger partial charge < -0.3 is 9.64 Å². The van der Waals surface area contributed by atoms with E-state index >= 15 is 0 Å². The lowest BCUT2D eigenvalue weighted by Gasteiger charge is -2.49. The van der Waals surface area contributed by atoms with Gasteiger partial charge in [-0.05, 0) is 63.8 Å². The summed E-state index contributed by atoms with van der Waals surface area (Å²) in [5.41, 5.74) is 4.46. The summed E-state index contributed by atoms with van der Waals surface area (Å²) in [6.45, 7) is 11.1. The van der Waals surface area contributed by atoms with Crippen LogP contribution in [0.15, 0.2) is 18.2 Å². The van der Waals surface area contributed by atoms with Crippen molar-refractivity contribution in [3.63, 3.8) is 0 Å². The second-order valence-corrected chi connectivity index (χ2v) is 6.63. The highest BCUT2D eigenvalue weighted by Crippen LogP contribution is 2.45. The molecule has 5 heteroatoms. The zero-order valence-corrected chi connectivity index (χ0v) is 14.1. The number of hydrazine groups is 1. The predicted octanol–water partition coefficient (Wildman–Crippen LogP) is 2.56. The van der Waals surface area contributed by atoms with Crippen molar-refractivity contribution < 1.29 is 9.53 Å². The van der Waals surface area contributed by atoms with Crippen molar-refractivity contribution >= 4 is 11.6 Å². The first-order valence-corrected chi connectivity index (χ1v) is 7.88. The molecule has 1 amide bonds.